The van der Waals surface area contributed by atoms with Gasteiger partial charge in [-0.15, -0.1) is 0 Å². The van der Waals surface area contributed by atoms with Crippen LogP contribution in [0.15, 0.2) is 30.3 Å². The quantitative estimate of drug-likeness (QED) is 0.796. The van der Waals surface area contributed by atoms with Gasteiger partial charge in [-0.25, -0.2) is 0 Å². The number of carbonyl (C=O) groups excluding carboxylic acids is 2. The van der Waals surface area contributed by atoms with Crippen molar-refractivity contribution in [3.63, 3.8) is 0 Å². The molecule has 2 rings (SSSR count). The summed E-state index contributed by atoms with van der Waals surface area (Å²) in [5.41, 5.74) is 6.20. The first-order chi connectivity index (χ1) is 10.6. The molecule has 1 aliphatic heterocycles. The molecule has 0 aromatic heterocycles. The van der Waals surface area contributed by atoms with Gasteiger partial charge in [-0.2, -0.15) is 0 Å². The van der Waals surface area contributed by atoms with Crippen LogP contribution in [0.25, 0.3) is 6.08 Å². The summed E-state index contributed by atoms with van der Waals surface area (Å²) in [6, 6.07) is 7.21. The standard InChI is InChI=1S/C16H21N3O3/c1-22-14-7-3-2-5-12(14)6-4-9-19-10-8-18-16(21)13(19)11-15(17)20/h2-7,13H,8-11H2,1H3,(H2,17,20)(H,18,21)/b6-4+/t13-/m1/s1. The lowest BCUT2D eigenvalue weighted by molar-refractivity contribution is -0.132. The van der Waals surface area contributed by atoms with E-state index in [1.165, 1.54) is 0 Å². The van der Waals surface area contributed by atoms with E-state index in [1.54, 1.807) is 7.11 Å². The number of nitrogens with two attached hydrogens (primary N) is 1. The second-order valence-corrected chi connectivity index (χ2v) is 5.12. The van der Waals surface area contributed by atoms with Gasteiger partial charge in [0.2, 0.25) is 11.8 Å². The summed E-state index contributed by atoms with van der Waals surface area (Å²) in [5, 5.41) is 2.76. The van der Waals surface area contributed by atoms with Crippen LogP contribution in [0, 0.1) is 0 Å². The van der Waals surface area contributed by atoms with Crippen molar-refractivity contribution in [3.05, 3.63) is 35.9 Å². The van der Waals surface area contributed by atoms with Crippen molar-refractivity contribution >= 4 is 17.9 Å². The molecule has 6 nitrogen and oxygen atoms in total. The molecule has 1 saturated heterocycles. The van der Waals surface area contributed by atoms with E-state index in [2.05, 4.69) is 5.32 Å². The topological polar surface area (TPSA) is 84.7 Å². The molecule has 1 heterocycles. The molecule has 0 spiro atoms. The van der Waals surface area contributed by atoms with Crippen LogP contribution in [-0.4, -0.2) is 49.5 Å². The lowest BCUT2D eigenvalue weighted by Crippen LogP contribution is -2.56. The normalized spacial score (nSPS) is 19.1. The Morgan fingerprint density at radius 1 is 1.50 bits per heavy atom. The minimum absolute atomic E-state index is 0.0360. The number of carbonyl (C=O) groups is 2. The highest BCUT2D eigenvalue weighted by molar-refractivity contribution is 5.88. The molecule has 6 heteroatoms. The van der Waals surface area contributed by atoms with Crippen molar-refractivity contribution in [1.29, 1.82) is 0 Å². The monoisotopic (exact) mass is 303 g/mol. The maximum absolute atomic E-state index is 11.9. The van der Waals surface area contributed by atoms with E-state index in [0.717, 1.165) is 11.3 Å². The van der Waals surface area contributed by atoms with Crippen molar-refractivity contribution in [2.45, 2.75) is 12.5 Å². The Morgan fingerprint density at radius 2 is 2.27 bits per heavy atom. The summed E-state index contributed by atoms with van der Waals surface area (Å²) < 4.78 is 5.29. The van der Waals surface area contributed by atoms with Gasteiger partial charge >= 0.3 is 0 Å². The van der Waals surface area contributed by atoms with Crippen LogP contribution in [0.5, 0.6) is 5.75 Å². The Kier molecular flexibility index (Phi) is 5.55. The number of rotatable bonds is 6. The zero-order valence-corrected chi connectivity index (χ0v) is 12.6. The summed E-state index contributed by atoms with van der Waals surface area (Å²) in [6.45, 7) is 1.85. The second kappa shape index (κ2) is 7.61. The summed E-state index contributed by atoms with van der Waals surface area (Å²) in [5.74, 6) is 0.181. The molecule has 1 aliphatic rings. The number of methoxy groups -OCH3 is 1. The van der Waals surface area contributed by atoms with Crippen molar-refractivity contribution < 1.29 is 14.3 Å². The third-order valence-electron chi connectivity index (χ3n) is 3.61. The van der Waals surface area contributed by atoms with Crippen LogP contribution in [-0.2, 0) is 9.59 Å². The lowest BCUT2D eigenvalue weighted by atomic mass is 10.1. The molecule has 1 atom stereocenters. The third-order valence-corrected chi connectivity index (χ3v) is 3.61. The number of nitrogens with one attached hydrogen (secondary N) is 1. The molecule has 3 N–H and O–H groups in total. The van der Waals surface area contributed by atoms with Gasteiger partial charge < -0.3 is 15.8 Å². The van der Waals surface area contributed by atoms with E-state index in [0.29, 0.717) is 19.6 Å². The van der Waals surface area contributed by atoms with Gasteiger partial charge in [-0.1, -0.05) is 30.4 Å². The van der Waals surface area contributed by atoms with Gasteiger partial charge in [-0.05, 0) is 6.07 Å². The molecule has 0 bridgehead atoms. The number of primary amides is 1. The predicted octanol–water partition coefficient (Wildman–Crippen LogP) is 0.384. The van der Waals surface area contributed by atoms with Crippen LogP contribution in [0.2, 0.25) is 0 Å². The van der Waals surface area contributed by atoms with Gasteiger partial charge in [0.15, 0.2) is 0 Å². The first kappa shape index (κ1) is 16.0. The molecule has 0 aliphatic carbocycles. The molecule has 0 saturated carbocycles. The summed E-state index contributed by atoms with van der Waals surface area (Å²) in [4.78, 5) is 24.9. The van der Waals surface area contributed by atoms with Gasteiger partial charge in [-0.3, -0.25) is 14.5 Å². The Balaban J connectivity index is 2.03. The van der Waals surface area contributed by atoms with Crippen molar-refractivity contribution in [1.82, 2.24) is 10.2 Å². The fourth-order valence-corrected chi connectivity index (χ4v) is 2.51. The smallest absolute Gasteiger partial charge is 0.237 e. The van der Waals surface area contributed by atoms with E-state index in [1.807, 2.05) is 41.3 Å². The maximum Gasteiger partial charge on any atom is 0.237 e. The summed E-state index contributed by atoms with van der Waals surface area (Å²) >= 11 is 0. The van der Waals surface area contributed by atoms with E-state index in [-0.39, 0.29) is 12.3 Å². The minimum Gasteiger partial charge on any atom is -0.496 e. The Morgan fingerprint density at radius 3 is 3.00 bits per heavy atom. The number of hydrogen-bond acceptors (Lipinski definition) is 4. The highest BCUT2D eigenvalue weighted by atomic mass is 16.5. The van der Waals surface area contributed by atoms with E-state index < -0.39 is 11.9 Å². The van der Waals surface area contributed by atoms with E-state index in [4.69, 9.17) is 10.5 Å². The van der Waals surface area contributed by atoms with Crippen LogP contribution in [0.1, 0.15) is 12.0 Å². The Labute approximate surface area is 129 Å². The van der Waals surface area contributed by atoms with E-state index in [9.17, 15) is 9.59 Å². The van der Waals surface area contributed by atoms with Gasteiger partial charge in [0.1, 0.15) is 5.75 Å². The molecular weight excluding hydrogens is 282 g/mol. The maximum atomic E-state index is 11.9. The SMILES string of the molecule is COc1ccccc1/C=C/CN1CCNC(=O)[C@H]1CC(N)=O. The van der Waals surface area contributed by atoms with Gasteiger partial charge in [0.25, 0.3) is 0 Å². The highest BCUT2D eigenvalue weighted by Gasteiger charge is 2.29. The van der Waals surface area contributed by atoms with Crippen molar-refractivity contribution in [2.24, 2.45) is 5.73 Å². The fourth-order valence-electron chi connectivity index (χ4n) is 2.51. The predicted molar refractivity (Wildman–Crippen MR) is 84.2 cm³/mol. The van der Waals surface area contributed by atoms with Gasteiger partial charge in [0, 0.05) is 25.2 Å². The third kappa shape index (κ3) is 4.08. The lowest BCUT2D eigenvalue weighted by Gasteiger charge is -2.33. The number of piperazine rings is 1. The summed E-state index contributed by atoms with van der Waals surface area (Å²) in [7, 11) is 1.63. The van der Waals surface area contributed by atoms with Crippen LogP contribution in [0.4, 0.5) is 0 Å². The average molecular weight is 303 g/mol. The van der Waals surface area contributed by atoms with Gasteiger partial charge in [0.05, 0.1) is 19.6 Å². The largest absolute Gasteiger partial charge is 0.496 e. The molecule has 22 heavy (non-hydrogen) atoms. The zero-order chi connectivity index (χ0) is 15.9. The number of ether oxygens (including phenoxy) is 1. The Bertz CT molecular complexity index is 572. The summed E-state index contributed by atoms with van der Waals surface area (Å²) in [6.07, 6.45) is 3.95. The number of benzene rings is 1. The number of para-hydroxylation sites is 1. The number of nitrogens with zero attached hydrogens (tertiary/aromatic N) is 1. The highest BCUT2D eigenvalue weighted by Crippen LogP contribution is 2.19. The van der Waals surface area contributed by atoms with Crippen molar-refractivity contribution in [3.8, 4) is 5.75 Å². The van der Waals surface area contributed by atoms with Crippen LogP contribution >= 0.6 is 0 Å². The minimum atomic E-state index is -0.492. The fraction of sp³-hybridized carbons (Fsp3) is 0.375. The molecule has 1 fully saturated rings. The average Bonchev–Trinajstić information content (AvgIpc) is 2.50. The van der Waals surface area contributed by atoms with Crippen molar-refractivity contribution in [2.75, 3.05) is 26.7 Å². The molecule has 0 radical (unpaired) electrons. The molecule has 2 amide bonds. The first-order valence-corrected chi connectivity index (χ1v) is 7.21. The molecular formula is C16H21N3O3. The molecule has 118 valence electrons. The second-order valence-electron chi connectivity index (χ2n) is 5.12. The van der Waals surface area contributed by atoms with Crippen LogP contribution in [0.3, 0.4) is 0 Å². The molecule has 0 unspecified atom stereocenters. The van der Waals surface area contributed by atoms with Crippen LogP contribution < -0.4 is 15.8 Å². The molecule has 1 aromatic rings. The molecule has 1 aromatic carbocycles. The number of amides is 2. The first-order valence-electron chi connectivity index (χ1n) is 7.21. The van der Waals surface area contributed by atoms with E-state index >= 15 is 0 Å². The number of hydrogen-bond donors (Lipinski definition) is 2. The Hall–Kier alpha value is -2.34. The zero-order valence-electron chi connectivity index (χ0n) is 12.6.